The molecule has 0 amide bonds. The SMILES string of the molecule is CCCCCCC(=O)C(OP(=O)(O)O[C@@H]1[C@@H](O)[C@H](O)[C@@H](O)[C@H](O)[C@@H]1O)(C(=O)CCCCCC)[C@@H](O)CO. The quantitative estimate of drug-likeness (QED) is 0.0602. The van der Waals surface area contributed by atoms with Crippen molar-refractivity contribution in [1.82, 2.24) is 0 Å². The number of ketones is 2. The zero-order chi connectivity index (χ0) is 28.4. The van der Waals surface area contributed by atoms with Crippen molar-refractivity contribution in [3.8, 4) is 0 Å². The average Bonchev–Trinajstić information content (AvgIpc) is 2.87. The van der Waals surface area contributed by atoms with Crippen LogP contribution in [0.25, 0.3) is 0 Å². The van der Waals surface area contributed by atoms with Gasteiger partial charge in [0.25, 0.3) is 0 Å². The summed E-state index contributed by atoms with van der Waals surface area (Å²) in [6.45, 7) is 2.69. The Hall–Kier alpha value is -0.830. The number of aliphatic hydroxyl groups excluding tert-OH is 7. The third kappa shape index (κ3) is 8.84. The molecule has 1 unspecified atom stereocenters. The number of carbonyl (C=O) groups excluding carboxylic acids is 2. The number of hydrogen-bond acceptors (Lipinski definition) is 12. The number of hydrogen-bond donors (Lipinski definition) is 8. The van der Waals surface area contributed by atoms with E-state index < -0.39 is 74.3 Å². The van der Waals surface area contributed by atoms with Gasteiger partial charge in [0.2, 0.25) is 5.60 Å². The summed E-state index contributed by atoms with van der Waals surface area (Å²) in [5.74, 6) is -2.10. The van der Waals surface area contributed by atoms with E-state index >= 15 is 0 Å². The van der Waals surface area contributed by atoms with Crippen molar-refractivity contribution >= 4 is 19.4 Å². The van der Waals surface area contributed by atoms with E-state index in [1.807, 2.05) is 13.8 Å². The molecule has 218 valence electrons. The molecule has 0 bridgehead atoms. The van der Waals surface area contributed by atoms with Crippen LogP contribution in [0.1, 0.15) is 78.1 Å². The summed E-state index contributed by atoms with van der Waals surface area (Å²) in [7, 11) is -5.63. The highest BCUT2D eigenvalue weighted by atomic mass is 31.2. The van der Waals surface area contributed by atoms with E-state index in [2.05, 4.69) is 0 Å². The average molecular weight is 559 g/mol. The number of carbonyl (C=O) groups is 2. The summed E-state index contributed by atoms with van der Waals surface area (Å²) in [6, 6.07) is 0. The standard InChI is InChI=1S/C23H43O13P/c1-3-5-7-9-11-14(25)23(16(27)13-24,15(26)12-10-8-6-4-2)36-37(33,34)35-22-20(31)18(29)17(28)19(30)21(22)32/h16-22,24,27-32H,3-13H2,1-2H3,(H,33,34)/t16-,17-,18-,19+,20-,21-,22-/m0/s1. The van der Waals surface area contributed by atoms with Crippen molar-refractivity contribution in [3.05, 3.63) is 0 Å². The van der Waals surface area contributed by atoms with Crippen LogP contribution in [0.4, 0.5) is 0 Å². The highest BCUT2D eigenvalue weighted by Gasteiger charge is 2.58. The predicted octanol–water partition coefficient (Wildman–Crippen LogP) is -0.522. The molecule has 1 saturated carbocycles. The molecule has 0 saturated heterocycles. The highest BCUT2D eigenvalue weighted by Crippen LogP contribution is 2.52. The number of phosphoric ester groups is 1. The molecular weight excluding hydrogens is 515 g/mol. The molecule has 14 heteroatoms. The zero-order valence-corrected chi connectivity index (χ0v) is 22.3. The molecule has 0 radical (unpaired) electrons. The molecule has 0 heterocycles. The third-order valence-electron chi connectivity index (χ3n) is 6.57. The second-order valence-electron chi connectivity index (χ2n) is 9.48. The first-order valence-electron chi connectivity index (χ1n) is 12.8. The molecule has 0 aromatic carbocycles. The fourth-order valence-corrected chi connectivity index (χ4v) is 5.58. The van der Waals surface area contributed by atoms with Crippen LogP contribution < -0.4 is 0 Å². The topological polar surface area (TPSA) is 232 Å². The van der Waals surface area contributed by atoms with E-state index in [4.69, 9.17) is 9.05 Å². The van der Waals surface area contributed by atoms with Gasteiger partial charge >= 0.3 is 7.82 Å². The summed E-state index contributed by atoms with van der Waals surface area (Å²) < 4.78 is 22.9. The lowest BCUT2D eigenvalue weighted by Crippen LogP contribution is -2.64. The predicted molar refractivity (Wildman–Crippen MR) is 129 cm³/mol. The van der Waals surface area contributed by atoms with Crippen molar-refractivity contribution in [1.29, 1.82) is 0 Å². The van der Waals surface area contributed by atoms with E-state index in [9.17, 15) is 54.8 Å². The van der Waals surface area contributed by atoms with Gasteiger partial charge < -0.3 is 40.6 Å². The Morgan fingerprint density at radius 1 is 0.784 bits per heavy atom. The fourth-order valence-electron chi connectivity index (χ4n) is 4.29. The first-order chi connectivity index (χ1) is 17.3. The Balaban J connectivity index is 3.33. The molecular formula is C23H43O13P. The number of Topliss-reactive ketones (excluding diaryl/α,β-unsaturated/α-hetero) is 2. The van der Waals surface area contributed by atoms with E-state index in [1.165, 1.54) is 0 Å². The van der Waals surface area contributed by atoms with Gasteiger partial charge in [0.1, 0.15) is 42.7 Å². The van der Waals surface area contributed by atoms with Gasteiger partial charge in [0.15, 0.2) is 11.6 Å². The van der Waals surface area contributed by atoms with Crippen molar-refractivity contribution in [2.45, 2.75) is 126 Å². The van der Waals surface area contributed by atoms with E-state index in [0.717, 1.165) is 25.7 Å². The van der Waals surface area contributed by atoms with Gasteiger partial charge in [-0.2, -0.15) is 0 Å². The summed E-state index contributed by atoms with van der Waals surface area (Å²) >= 11 is 0. The lowest BCUT2D eigenvalue weighted by Gasteiger charge is -2.42. The molecule has 1 fully saturated rings. The summed E-state index contributed by atoms with van der Waals surface area (Å²) in [5, 5.41) is 70.0. The first kappa shape index (κ1) is 34.2. The first-order valence-corrected chi connectivity index (χ1v) is 14.3. The fraction of sp³-hybridized carbons (Fsp3) is 0.913. The Labute approximate surface area is 216 Å². The number of rotatable bonds is 18. The van der Waals surface area contributed by atoms with Crippen LogP contribution in [0.2, 0.25) is 0 Å². The van der Waals surface area contributed by atoms with E-state index in [-0.39, 0.29) is 25.7 Å². The van der Waals surface area contributed by atoms with Crippen molar-refractivity contribution in [2.75, 3.05) is 6.61 Å². The summed E-state index contributed by atoms with van der Waals surface area (Å²) in [4.78, 5) is 37.1. The Kier molecular flexibility index (Phi) is 14.5. The van der Waals surface area contributed by atoms with Crippen LogP contribution in [0.3, 0.4) is 0 Å². The van der Waals surface area contributed by atoms with Gasteiger partial charge in [-0.25, -0.2) is 4.57 Å². The molecule has 37 heavy (non-hydrogen) atoms. The molecule has 0 aliphatic heterocycles. The van der Waals surface area contributed by atoms with E-state index in [0.29, 0.717) is 12.8 Å². The largest absolute Gasteiger partial charge is 0.474 e. The number of phosphoric acid groups is 1. The smallest absolute Gasteiger partial charge is 0.394 e. The number of aliphatic hydroxyl groups is 7. The molecule has 0 aromatic rings. The Bertz CT molecular complexity index is 723. The van der Waals surface area contributed by atoms with Crippen LogP contribution in [0.5, 0.6) is 0 Å². The maximum absolute atomic E-state index is 13.3. The third-order valence-corrected chi connectivity index (χ3v) is 7.60. The molecule has 13 nitrogen and oxygen atoms in total. The molecule has 0 spiro atoms. The minimum absolute atomic E-state index is 0.270. The van der Waals surface area contributed by atoms with Crippen molar-refractivity contribution < 1.29 is 63.8 Å². The van der Waals surface area contributed by atoms with Gasteiger partial charge in [-0.05, 0) is 12.8 Å². The van der Waals surface area contributed by atoms with Gasteiger partial charge in [-0.1, -0.05) is 52.4 Å². The second-order valence-corrected chi connectivity index (χ2v) is 10.8. The normalized spacial score (nSPS) is 29.0. The van der Waals surface area contributed by atoms with Crippen LogP contribution in [0, 0.1) is 0 Å². The van der Waals surface area contributed by atoms with Crippen LogP contribution in [0.15, 0.2) is 0 Å². The Morgan fingerprint density at radius 2 is 1.19 bits per heavy atom. The monoisotopic (exact) mass is 558 g/mol. The maximum Gasteiger partial charge on any atom is 0.474 e. The maximum atomic E-state index is 13.3. The molecule has 8 atom stereocenters. The minimum Gasteiger partial charge on any atom is -0.394 e. The van der Waals surface area contributed by atoms with Gasteiger partial charge in [0.05, 0.1) is 6.61 Å². The van der Waals surface area contributed by atoms with Gasteiger partial charge in [-0.15, -0.1) is 0 Å². The van der Waals surface area contributed by atoms with Crippen molar-refractivity contribution in [3.63, 3.8) is 0 Å². The molecule has 0 aromatic heterocycles. The molecule has 1 rings (SSSR count). The highest BCUT2D eigenvalue weighted by molar-refractivity contribution is 7.47. The van der Waals surface area contributed by atoms with Gasteiger partial charge in [0, 0.05) is 12.8 Å². The summed E-state index contributed by atoms with van der Waals surface area (Å²) in [6.07, 6.45) is -10.7. The second kappa shape index (κ2) is 15.7. The van der Waals surface area contributed by atoms with Gasteiger partial charge in [-0.3, -0.25) is 18.6 Å². The lowest BCUT2D eigenvalue weighted by molar-refractivity contribution is -0.221. The number of unbranched alkanes of at least 4 members (excludes halogenated alkanes) is 6. The van der Waals surface area contributed by atoms with Crippen LogP contribution in [-0.2, 0) is 23.2 Å². The van der Waals surface area contributed by atoms with Crippen LogP contribution in [-0.4, -0.2) is 107 Å². The van der Waals surface area contributed by atoms with Crippen LogP contribution >= 0.6 is 7.82 Å². The molecule has 1 aliphatic carbocycles. The summed E-state index contributed by atoms with van der Waals surface area (Å²) in [5.41, 5.74) is -2.99. The molecule has 8 N–H and O–H groups in total. The minimum atomic E-state index is -5.63. The zero-order valence-electron chi connectivity index (χ0n) is 21.4. The van der Waals surface area contributed by atoms with E-state index in [1.54, 1.807) is 0 Å². The molecule has 1 aliphatic rings. The van der Waals surface area contributed by atoms with Crippen molar-refractivity contribution in [2.24, 2.45) is 0 Å². The Morgan fingerprint density at radius 3 is 1.57 bits per heavy atom. The lowest BCUT2D eigenvalue weighted by atomic mass is 9.82.